The fourth-order valence-corrected chi connectivity index (χ4v) is 1.67. The zero-order chi connectivity index (χ0) is 16.9. The number of hydrogen-bond donors (Lipinski definition) is 8. The molecule has 0 aromatic carbocycles. The van der Waals surface area contributed by atoms with Gasteiger partial charge in [-0.15, -0.1) is 0 Å². The molecule has 0 aliphatic heterocycles. The van der Waals surface area contributed by atoms with Crippen LogP contribution in [0.1, 0.15) is 23.6 Å². The number of aliphatic hydroxyl groups is 8. The molecule has 1 aromatic heterocycles. The van der Waals surface area contributed by atoms with E-state index in [0.717, 1.165) is 12.4 Å². The van der Waals surface area contributed by atoms with E-state index in [1.165, 1.54) is 0 Å². The Morgan fingerprint density at radius 2 is 1.09 bits per heavy atom. The molecule has 0 amide bonds. The highest BCUT2D eigenvalue weighted by Gasteiger charge is 2.30. The molecule has 0 aliphatic carbocycles. The minimum absolute atomic E-state index is 0.220. The van der Waals surface area contributed by atoms with Gasteiger partial charge >= 0.3 is 0 Å². The number of rotatable bonds is 8. The first kappa shape index (κ1) is 18.8. The molecule has 0 saturated heterocycles. The first-order valence-corrected chi connectivity index (χ1v) is 6.45. The molecule has 126 valence electrons. The highest BCUT2D eigenvalue weighted by molar-refractivity contribution is 5.11. The highest BCUT2D eigenvalue weighted by atomic mass is 16.4. The molecular formula is C12H20N2O8. The van der Waals surface area contributed by atoms with Crippen LogP contribution in [-0.2, 0) is 0 Å². The molecular weight excluding hydrogens is 300 g/mol. The Kier molecular flexibility index (Phi) is 7.19. The van der Waals surface area contributed by atoms with E-state index in [4.69, 9.17) is 10.2 Å². The summed E-state index contributed by atoms with van der Waals surface area (Å²) in [4.78, 5) is 7.45. The van der Waals surface area contributed by atoms with Gasteiger partial charge in [0.15, 0.2) is 0 Å². The van der Waals surface area contributed by atoms with Crippen LogP contribution >= 0.6 is 0 Å². The van der Waals surface area contributed by atoms with E-state index in [2.05, 4.69) is 9.97 Å². The summed E-state index contributed by atoms with van der Waals surface area (Å²) in [7, 11) is 0. The van der Waals surface area contributed by atoms with Crippen molar-refractivity contribution in [2.24, 2.45) is 0 Å². The normalized spacial score (nSPS) is 20.0. The van der Waals surface area contributed by atoms with Gasteiger partial charge in [0.2, 0.25) is 0 Å². The smallest absolute Gasteiger partial charge is 0.126 e. The van der Waals surface area contributed by atoms with Crippen LogP contribution in [0.3, 0.4) is 0 Å². The SMILES string of the molecule is OC[C@H](O)[C@@H](O)[C@H](O)c1cncc([C@@H](O)[C@H](O)[C@@H](O)CO)n1. The zero-order valence-corrected chi connectivity index (χ0v) is 11.5. The molecule has 0 bridgehead atoms. The fourth-order valence-electron chi connectivity index (χ4n) is 1.67. The van der Waals surface area contributed by atoms with Crippen LogP contribution in [0.4, 0.5) is 0 Å². The second kappa shape index (κ2) is 8.41. The third-order valence-electron chi connectivity index (χ3n) is 3.09. The monoisotopic (exact) mass is 320 g/mol. The van der Waals surface area contributed by atoms with Crippen LogP contribution in [-0.4, -0.2) is 88.4 Å². The number of aliphatic hydroxyl groups excluding tert-OH is 8. The van der Waals surface area contributed by atoms with Gasteiger partial charge in [-0.2, -0.15) is 0 Å². The molecule has 0 unspecified atom stereocenters. The first-order chi connectivity index (χ1) is 10.3. The highest BCUT2D eigenvalue weighted by Crippen LogP contribution is 2.21. The van der Waals surface area contributed by atoms with Crippen LogP contribution < -0.4 is 0 Å². The van der Waals surface area contributed by atoms with Crippen molar-refractivity contribution in [3.8, 4) is 0 Å². The third kappa shape index (κ3) is 4.38. The molecule has 0 spiro atoms. The average molecular weight is 320 g/mol. The Morgan fingerprint density at radius 3 is 1.41 bits per heavy atom. The van der Waals surface area contributed by atoms with E-state index in [9.17, 15) is 30.6 Å². The van der Waals surface area contributed by atoms with Gasteiger partial charge in [0.25, 0.3) is 0 Å². The Balaban J connectivity index is 2.94. The summed E-state index contributed by atoms with van der Waals surface area (Å²) in [6, 6.07) is 0. The quantitative estimate of drug-likeness (QED) is 0.234. The lowest BCUT2D eigenvalue weighted by atomic mass is 10.0. The summed E-state index contributed by atoms with van der Waals surface area (Å²) < 4.78 is 0. The largest absolute Gasteiger partial charge is 0.394 e. The molecule has 1 heterocycles. The molecule has 0 radical (unpaired) electrons. The van der Waals surface area contributed by atoms with Gasteiger partial charge in [-0.05, 0) is 0 Å². The topological polar surface area (TPSA) is 188 Å². The molecule has 0 fully saturated rings. The van der Waals surface area contributed by atoms with Crippen LogP contribution in [0.2, 0.25) is 0 Å². The van der Waals surface area contributed by atoms with Crippen molar-refractivity contribution in [1.82, 2.24) is 9.97 Å². The van der Waals surface area contributed by atoms with Crippen LogP contribution in [0, 0.1) is 0 Å². The van der Waals surface area contributed by atoms with E-state index in [0.29, 0.717) is 0 Å². The average Bonchev–Trinajstić information content (AvgIpc) is 2.57. The lowest BCUT2D eigenvalue weighted by Crippen LogP contribution is -2.36. The van der Waals surface area contributed by atoms with Crippen molar-refractivity contribution in [3.63, 3.8) is 0 Å². The van der Waals surface area contributed by atoms with Crippen molar-refractivity contribution in [3.05, 3.63) is 23.8 Å². The zero-order valence-electron chi connectivity index (χ0n) is 11.5. The lowest BCUT2D eigenvalue weighted by molar-refractivity contribution is -0.0826. The van der Waals surface area contributed by atoms with Crippen LogP contribution in [0.15, 0.2) is 12.4 Å². The summed E-state index contributed by atoms with van der Waals surface area (Å²) in [5.41, 5.74) is -0.440. The molecule has 1 rings (SSSR count). The van der Waals surface area contributed by atoms with E-state index >= 15 is 0 Å². The van der Waals surface area contributed by atoms with Gasteiger partial charge in [0.1, 0.15) is 36.6 Å². The second-order valence-corrected chi connectivity index (χ2v) is 4.74. The van der Waals surface area contributed by atoms with Crippen molar-refractivity contribution in [1.29, 1.82) is 0 Å². The minimum Gasteiger partial charge on any atom is -0.394 e. The van der Waals surface area contributed by atoms with Gasteiger partial charge in [-0.3, -0.25) is 4.98 Å². The number of hydrogen-bond acceptors (Lipinski definition) is 10. The molecule has 22 heavy (non-hydrogen) atoms. The first-order valence-electron chi connectivity index (χ1n) is 6.45. The molecule has 10 nitrogen and oxygen atoms in total. The molecule has 0 aliphatic rings. The van der Waals surface area contributed by atoms with E-state index in [-0.39, 0.29) is 11.4 Å². The fraction of sp³-hybridized carbons (Fsp3) is 0.667. The minimum atomic E-state index is -1.74. The summed E-state index contributed by atoms with van der Waals surface area (Å²) in [5, 5.41) is 74.8. The molecule has 8 N–H and O–H groups in total. The molecule has 6 atom stereocenters. The Morgan fingerprint density at radius 1 is 0.727 bits per heavy atom. The summed E-state index contributed by atoms with van der Waals surface area (Å²) in [6.45, 7) is -1.56. The molecule has 10 heteroatoms. The van der Waals surface area contributed by atoms with E-state index < -0.39 is 49.8 Å². The Bertz CT molecular complexity index is 425. The van der Waals surface area contributed by atoms with Gasteiger partial charge in [0.05, 0.1) is 37.0 Å². The second-order valence-electron chi connectivity index (χ2n) is 4.74. The summed E-state index contributed by atoms with van der Waals surface area (Å²) >= 11 is 0. The van der Waals surface area contributed by atoms with Crippen molar-refractivity contribution >= 4 is 0 Å². The number of aromatic nitrogens is 2. The van der Waals surface area contributed by atoms with Crippen molar-refractivity contribution in [2.75, 3.05) is 13.2 Å². The van der Waals surface area contributed by atoms with Gasteiger partial charge in [-0.1, -0.05) is 0 Å². The molecule has 1 aromatic rings. The predicted molar refractivity (Wildman–Crippen MR) is 70.2 cm³/mol. The standard InChI is InChI=1S/C12H20N2O8/c15-3-7(17)11(21)9(19)5-1-13-2-6(14-5)10(20)12(22)8(18)4-16/h1-2,7-12,15-22H,3-4H2/t7-,8-,9+,10+,11+,12+/m0/s1. The van der Waals surface area contributed by atoms with E-state index in [1.54, 1.807) is 0 Å². The van der Waals surface area contributed by atoms with Gasteiger partial charge in [0, 0.05) is 0 Å². The number of nitrogens with zero attached hydrogens (tertiary/aromatic N) is 2. The van der Waals surface area contributed by atoms with E-state index in [1.807, 2.05) is 0 Å². The maximum absolute atomic E-state index is 9.83. The van der Waals surface area contributed by atoms with Crippen LogP contribution in [0.5, 0.6) is 0 Å². The maximum atomic E-state index is 9.83. The third-order valence-corrected chi connectivity index (χ3v) is 3.09. The van der Waals surface area contributed by atoms with Gasteiger partial charge < -0.3 is 40.9 Å². The van der Waals surface area contributed by atoms with Gasteiger partial charge in [-0.25, -0.2) is 4.98 Å². The van der Waals surface area contributed by atoms with Crippen molar-refractivity contribution < 1.29 is 40.9 Å². The van der Waals surface area contributed by atoms with Crippen LogP contribution in [0.25, 0.3) is 0 Å². The molecule has 0 saturated carbocycles. The maximum Gasteiger partial charge on any atom is 0.126 e. The summed E-state index contributed by atoms with van der Waals surface area (Å²) in [6.07, 6.45) is -7.95. The van der Waals surface area contributed by atoms with Crippen molar-refractivity contribution in [2.45, 2.75) is 36.6 Å². The Labute approximate surface area is 125 Å². The lowest BCUT2D eigenvalue weighted by Gasteiger charge is -2.23. The Hall–Kier alpha value is -1.24. The predicted octanol–water partition coefficient (Wildman–Crippen LogP) is -4.03. The summed E-state index contributed by atoms with van der Waals surface area (Å²) in [5.74, 6) is 0.